The molecule has 2 amide bonds. The molecule has 1 saturated heterocycles. The van der Waals surface area contributed by atoms with Crippen molar-refractivity contribution in [2.45, 2.75) is 84.0 Å². The van der Waals surface area contributed by atoms with Crippen molar-refractivity contribution in [3.05, 3.63) is 0 Å². The number of carbonyl (C=O) groups is 3. The maximum Gasteiger partial charge on any atom is 0.397 e. The lowest BCUT2D eigenvalue weighted by atomic mass is 10.1. The largest absolute Gasteiger partial charge is 0.397 e. The van der Waals surface area contributed by atoms with Crippen molar-refractivity contribution in [1.29, 1.82) is 0 Å². The molecule has 0 bridgehead atoms. The number of hydroxylamine groups is 4. The zero-order valence-corrected chi connectivity index (χ0v) is 13.5. The molecule has 1 rings (SSSR count). The van der Waals surface area contributed by atoms with Crippen LogP contribution in [0.2, 0.25) is 0 Å². The maximum atomic E-state index is 11.6. The van der Waals surface area contributed by atoms with E-state index >= 15 is 0 Å². The molecule has 0 saturated carbocycles. The number of nitrogens with zero attached hydrogens (tertiary/aromatic N) is 1. The number of amides is 2. The van der Waals surface area contributed by atoms with Crippen LogP contribution in [-0.2, 0) is 19.2 Å². The molecule has 1 aliphatic rings. The first kappa shape index (κ1) is 18.8. The summed E-state index contributed by atoms with van der Waals surface area (Å²) in [5.74, 6) is -2.25. The van der Waals surface area contributed by atoms with Crippen molar-refractivity contribution in [2.75, 3.05) is 0 Å². The van der Waals surface area contributed by atoms with Crippen LogP contribution in [0.5, 0.6) is 0 Å². The smallest absolute Gasteiger partial charge is 0.245 e. The molecule has 6 nitrogen and oxygen atoms in total. The van der Waals surface area contributed by atoms with Gasteiger partial charge in [-0.1, -0.05) is 58.3 Å². The predicted molar refractivity (Wildman–Crippen MR) is 79.2 cm³/mol. The maximum absolute atomic E-state index is 11.6. The highest BCUT2D eigenvalue weighted by Gasteiger charge is 2.55. The minimum absolute atomic E-state index is 0.0827. The lowest BCUT2D eigenvalue weighted by Gasteiger charge is -2.15. The predicted octanol–water partition coefficient (Wildman–Crippen LogP) is 3.42. The fraction of sp³-hybridized carbons (Fsp3) is 0.812. The van der Waals surface area contributed by atoms with Gasteiger partial charge >= 0.3 is 17.8 Å². The Labute approximate surface area is 131 Å². The van der Waals surface area contributed by atoms with Crippen LogP contribution in [0.15, 0.2) is 0 Å². The highest BCUT2D eigenvalue weighted by Crippen LogP contribution is 2.21. The van der Waals surface area contributed by atoms with Crippen LogP contribution in [0.25, 0.3) is 0 Å². The first-order valence-corrected chi connectivity index (χ1v) is 8.41. The standard InChI is InChI=1S/C16H28NO5/c1-2-3-4-5-6-7-8-9-10-11-16(20)22-17(21)14(18)12-13-15(17)19/h21H,2-13H2,1H3/q+1. The van der Waals surface area contributed by atoms with Crippen LogP contribution in [-0.4, -0.2) is 27.8 Å². The molecule has 0 aliphatic carbocycles. The summed E-state index contributed by atoms with van der Waals surface area (Å²) in [6.45, 7) is 2.20. The number of carbonyl (C=O) groups excluding carboxylic acids is 3. The molecule has 0 atom stereocenters. The van der Waals surface area contributed by atoms with Gasteiger partial charge in [-0.25, -0.2) is 19.2 Å². The molecule has 6 heteroatoms. The quantitative estimate of drug-likeness (QED) is 0.273. The Morgan fingerprint density at radius 1 is 0.955 bits per heavy atom. The highest BCUT2D eigenvalue weighted by molar-refractivity contribution is 5.91. The molecule has 1 heterocycles. The van der Waals surface area contributed by atoms with Gasteiger partial charge < -0.3 is 0 Å². The second kappa shape index (κ2) is 9.69. The van der Waals surface area contributed by atoms with Gasteiger partial charge in [0.25, 0.3) is 0 Å². The Morgan fingerprint density at radius 2 is 1.41 bits per heavy atom. The molecule has 0 spiro atoms. The minimum atomic E-state index is -1.80. The van der Waals surface area contributed by atoms with Crippen LogP contribution in [0.3, 0.4) is 0 Å². The van der Waals surface area contributed by atoms with Gasteiger partial charge in [0.15, 0.2) is 0 Å². The molecular formula is C16H28NO5+. The van der Waals surface area contributed by atoms with Gasteiger partial charge in [-0.15, -0.1) is 0 Å². The Bertz CT molecular complexity index is 378. The van der Waals surface area contributed by atoms with E-state index in [1.54, 1.807) is 0 Å². The van der Waals surface area contributed by atoms with Gasteiger partial charge in [0.1, 0.15) is 4.81 Å². The molecule has 1 aliphatic heterocycles. The summed E-state index contributed by atoms with van der Waals surface area (Å²) < 4.78 is 0. The minimum Gasteiger partial charge on any atom is -0.245 e. The van der Waals surface area contributed by atoms with Crippen molar-refractivity contribution in [3.8, 4) is 0 Å². The van der Waals surface area contributed by atoms with Gasteiger partial charge in [-0.2, -0.15) is 5.21 Å². The van der Waals surface area contributed by atoms with Crippen molar-refractivity contribution in [2.24, 2.45) is 0 Å². The molecule has 22 heavy (non-hydrogen) atoms. The third-order valence-electron chi connectivity index (χ3n) is 3.95. The van der Waals surface area contributed by atoms with Crippen molar-refractivity contribution >= 4 is 17.8 Å². The van der Waals surface area contributed by atoms with Crippen LogP contribution in [0.1, 0.15) is 84.0 Å². The molecular weight excluding hydrogens is 286 g/mol. The number of hydrogen-bond donors (Lipinski definition) is 1. The molecule has 0 aromatic rings. The van der Waals surface area contributed by atoms with Crippen LogP contribution in [0, 0.1) is 0 Å². The molecule has 0 unspecified atom stereocenters. The van der Waals surface area contributed by atoms with Gasteiger partial charge in [0.05, 0.1) is 19.3 Å². The molecule has 0 aromatic heterocycles. The van der Waals surface area contributed by atoms with E-state index in [1.165, 1.54) is 32.1 Å². The normalized spacial score (nSPS) is 17.0. The molecule has 0 radical (unpaired) electrons. The van der Waals surface area contributed by atoms with E-state index in [1.807, 2.05) is 0 Å². The average molecular weight is 314 g/mol. The van der Waals surface area contributed by atoms with Gasteiger partial charge in [-0.3, -0.25) is 0 Å². The Balaban J connectivity index is 2.07. The fourth-order valence-corrected chi connectivity index (χ4v) is 2.53. The Kier molecular flexibility index (Phi) is 8.27. The lowest BCUT2D eigenvalue weighted by molar-refractivity contribution is -1.12. The molecule has 1 N–H and O–H groups in total. The zero-order chi connectivity index (χ0) is 16.4. The Morgan fingerprint density at radius 3 is 1.91 bits per heavy atom. The van der Waals surface area contributed by atoms with Crippen molar-refractivity contribution in [3.63, 3.8) is 0 Å². The van der Waals surface area contributed by atoms with E-state index in [0.29, 0.717) is 6.42 Å². The third-order valence-corrected chi connectivity index (χ3v) is 3.95. The van der Waals surface area contributed by atoms with E-state index in [-0.39, 0.29) is 19.3 Å². The molecule has 126 valence electrons. The van der Waals surface area contributed by atoms with E-state index in [0.717, 1.165) is 19.3 Å². The van der Waals surface area contributed by atoms with E-state index in [2.05, 4.69) is 11.8 Å². The second-order valence-corrected chi connectivity index (χ2v) is 5.91. The van der Waals surface area contributed by atoms with E-state index in [4.69, 9.17) is 0 Å². The summed E-state index contributed by atoms with van der Waals surface area (Å²) in [5, 5.41) is 9.74. The number of rotatable bonds is 11. The first-order chi connectivity index (χ1) is 10.5. The van der Waals surface area contributed by atoms with E-state index < -0.39 is 22.6 Å². The molecule has 0 aromatic carbocycles. The first-order valence-electron chi connectivity index (χ1n) is 8.41. The fourth-order valence-electron chi connectivity index (χ4n) is 2.53. The second-order valence-electron chi connectivity index (χ2n) is 5.91. The SMILES string of the molecule is CCCCCCCCCCCC(=O)O[N+]1(O)C(=O)CCC1=O. The monoisotopic (exact) mass is 314 g/mol. The van der Waals surface area contributed by atoms with Crippen molar-refractivity contribution < 1.29 is 29.2 Å². The average Bonchev–Trinajstić information content (AvgIpc) is 2.73. The number of unbranched alkanes of at least 4 members (excludes halogenated alkanes) is 8. The van der Waals surface area contributed by atoms with Crippen LogP contribution in [0.4, 0.5) is 0 Å². The molecule has 1 fully saturated rings. The van der Waals surface area contributed by atoms with Gasteiger partial charge in [0, 0.05) is 0 Å². The zero-order valence-electron chi connectivity index (χ0n) is 13.5. The summed E-state index contributed by atoms with van der Waals surface area (Å²) in [6, 6.07) is 0. The summed E-state index contributed by atoms with van der Waals surface area (Å²) in [4.78, 5) is 37.2. The van der Waals surface area contributed by atoms with Gasteiger partial charge in [0.2, 0.25) is 0 Å². The lowest BCUT2D eigenvalue weighted by Crippen LogP contribution is -2.50. The van der Waals surface area contributed by atoms with E-state index in [9.17, 15) is 19.6 Å². The topological polar surface area (TPSA) is 80.7 Å². The Hall–Kier alpha value is -1.27. The van der Waals surface area contributed by atoms with Crippen molar-refractivity contribution in [1.82, 2.24) is 0 Å². The summed E-state index contributed by atoms with van der Waals surface area (Å²) in [6.07, 6.45) is 10.1. The third kappa shape index (κ3) is 5.85. The number of quaternary nitrogens is 1. The number of hydrogen-bond acceptors (Lipinski definition) is 5. The van der Waals surface area contributed by atoms with Crippen LogP contribution >= 0.6 is 0 Å². The summed E-state index contributed by atoms with van der Waals surface area (Å²) in [5.41, 5.74) is 0. The number of imide groups is 1. The summed E-state index contributed by atoms with van der Waals surface area (Å²) >= 11 is 0. The van der Waals surface area contributed by atoms with Crippen LogP contribution < -0.4 is 0 Å². The van der Waals surface area contributed by atoms with Gasteiger partial charge in [-0.05, 0) is 6.42 Å². The summed E-state index contributed by atoms with van der Waals surface area (Å²) in [7, 11) is 0. The highest BCUT2D eigenvalue weighted by atomic mass is 17.0.